The molecule has 0 unspecified atom stereocenters. The molecule has 1 heterocycles. The molecule has 0 fully saturated rings. The first-order valence-corrected chi connectivity index (χ1v) is 9.36. The number of rotatable bonds is 6. The summed E-state index contributed by atoms with van der Waals surface area (Å²) in [5.41, 5.74) is 4.24. The largest absolute Gasteiger partial charge is 0.350 e. The highest BCUT2D eigenvalue weighted by atomic mass is 16.2. The van der Waals surface area contributed by atoms with E-state index in [1.165, 1.54) is 5.56 Å². The molecule has 0 saturated heterocycles. The van der Waals surface area contributed by atoms with Crippen LogP contribution in [0.3, 0.4) is 0 Å². The van der Waals surface area contributed by atoms with Crippen LogP contribution < -0.4 is 5.32 Å². The van der Waals surface area contributed by atoms with Crippen molar-refractivity contribution in [2.45, 2.75) is 45.7 Å². The fourth-order valence-corrected chi connectivity index (χ4v) is 3.49. The van der Waals surface area contributed by atoms with Gasteiger partial charge in [-0.25, -0.2) is 0 Å². The highest BCUT2D eigenvalue weighted by Crippen LogP contribution is 2.30. The Kier molecular flexibility index (Phi) is 5.71. The van der Waals surface area contributed by atoms with Crippen LogP contribution in [0, 0.1) is 0 Å². The van der Waals surface area contributed by atoms with Crippen LogP contribution in [0.15, 0.2) is 48.5 Å². The van der Waals surface area contributed by atoms with Gasteiger partial charge in [0.15, 0.2) is 0 Å². The zero-order valence-electron chi connectivity index (χ0n) is 15.5. The third-order valence-corrected chi connectivity index (χ3v) is 4.93. The molecule has 1 aliphatic rings. The molecule has 0 spiro atoms. The van der Waals surface area contributed by atoms with Crippen LogP contribution in [0.4, 0.5) is 0 Å². The molecule has 0 radical (unpaired) electrons. The van der Waals surface area contributed by atoms with Crippen molar-refractivity contribution in [3.63, 3.8) is 0 Å². The fourth-order valence-electron chi connectivity index (χ4n) is 3.49. The first kappa shape index (κ1) is 18.2. The Morgan fingerprint density at radius 1 is 1.08 bits per heavy atom. The fraction of sp³-hybridized carbons (Fsp3) is 0.364. The molecular weight excluding hydrogens is 324 g/mol. The molecule has 4 heteroatoms. The van der Waals surface area contributed by atoms with E-state index >= 15 is 0 Å². The van der Waals surface area contributed by atoms with Crippen LogP contribution in [0.2, 0.25) is 0 Å². The summed E-state index contributed by atoms with van der Waals surface area (Å²) >= 11 is 0. The van der Waals surface area contributed by atoms with E-state index in [-0.39, 0.29) is 11.8 Å². The predicted molar refractivity (Wildman–Crippen MR) is 103 cm³/mol. The maximum Gasteiger partial charge on any atom is 0.247 e. The smallest absolute Gasteiger partial charge is 0.247 e. The summed E-state index contributed by atoms with van der Waals surface area (Å²) in [5, 5.41) is 3.02. The Morgan fingerprint density at radius 2 is 1.77 bits per heavy atom. The van der Waals surface area contributed by atoms with Crippen molar-refractivity contribution in [2.75, 3.05) is 6.54 Å². The molecule has 0 bridgehead atoms. The number of fused-ring (bicyclic) bond motifs is 1. The zero-order chi connectivity index (χ0) is 18.5. The van der Waals surface area contributed by atoms with E-state index in [9.17, 15) is 9.59 Å². The van der Waals surface area contributed by atoms with Gasteiger partial charge in [-0.3, -0.25) is 9.59 Å². The van der Waals surface area contributed by atoms with Gasteiger partial charge in [-0.15, -0.1) is 0 Å². The van der Waals surface area contributed by atoms with Gasteiger partial charge in [0.05, 0.1) is 6.42 Å². The van der Waals surface area contributed by atoms with Crippen LogP contribution in [0.1, 0.15) is 48.6 Å². The number of nitrogens with zero attached hydrogens (tertiary/aromatic N) is 1. The summed E-state index contributed by atoms with van der Waals surface area (Å²) in [6, 6.07) is 15.5. The van der Waals surface area contributed by atoms with Crippen molar-refractivity contribution >= 4 is 11.8 Å². The van der Waals surface area contributed by atoms with Crippen molar-refractivity contribution in [1.82, 2.24) is 10.2 Å². The maximum atomic E-state index is 13.0. The lowest BCUT2D eigenvalue weighted by Crippen LogP contribution is -2.47. The first-order chi connectivity index (χ1) is 12.6. The lowest BCUT2D eigenvalue weighted by molar-refractivity contribution is -0.141. The van der Waals surface area contributed by atoms with Crippen LogP contribution >= 0.6 is 0 Å². The van der Waals surface area contributed by atoms with Crippen LogP contribution in [-0.4, -0.2) is 23.3 Å². The summed E-state index contributed by atoms with van der Waals surface area (Å²) in [6.07, 6.45) is 2.20. The number of nitrogens with one attached hydrogen (secondary N) is 1. The van der Waals surface area contributed by atoms with Gasteiger partial charge < -0.3 is 10.2 Å². The minimum Gasteiger partial charge on any atom is -0.350 e. The van der Waals surface area contributed by atoms with Gasteiger partial charge in [0, 0.05) is 13.1 Å². The average molecular weight is 350 g/mol. The number of carbonyl (C=O) groups excluding carboxylic acids is 2. The molecule has 2 aromatic rings. The Hall–Kier alpha value is -2.62. The molecule has 0 aliphatic carbocycles. The molecule has 2 amide bonds. The second-order valence-electron chi connectivity index (χ2n) is 6.75. The number of aryl methyl sites for hydroxylation is 1. The van der Waals surface area contributed by atoms with Crippen molar-refractivity contribution in [1.29, 1.82) is 0 Å². The van der Waals surface area contributed by atoms with Gasteiger partial charge in [0.1, 0.15) is 6.04 Å². The highest BCUT2D eigenvalue weighted by Gasteiger charge is 2.36. The summed E-state index contributed by atoms with van der Waals surface area (Å²) in [6.45, 7) is 5.21. The molecule has 1 atom stereocenters. The van der Waals surface area contributed by atoms with Crippen molar-refractivity contribution in [2.24, 2.45) is 0 Å². The Balaban J connectivity index is 1.79. The minimum absolute atomic E-state index is 0.0259. The van der Waals surface area contributed by atoms with Gasteiger partial charge in [-0.1, -0.05) is 62.4 Å². The summed E-state index contributed by atoms with van der Waals surface area (Å²) < 4.78 is 0. The number of carbonyl (C=O) groups is 2. The number of hydrogen-bond donors (Lipinski definition) is 1. The zero-order valence-corrected chi connectivity index (χ0v) is 15.5. The van der Waals surface area contributed by atoms with Gasteiger partial charge in [0.25, 0.3) is 0 Å². The van der Waals surface area contributed by atoms with E-state index in [1.807, 2.05) is 43.3 Å². The molecule has 1 N–H and O–H groups in total. The van der Waals surface area contributed by atoms with Crippen molar-refractivity contribution < 1.29 is 9.59 Å². The third-order valence-electron chi connectivity index (χ3n) is 4.93. The second kappa shape index (κ2) is 8.17. The van der Waals surface area contributed by atoms with Gasteiger partial charge in [-0.05, 0) is 35.1 Å². The molecule has 4 nitrogen and oxygen atoms in total. The molecule has 2 aromatic carbocycles. The lowest BCUT2D eigenvalue weighted by atomic mass is 9.91. The summed E-state index contributed by atoms with van der Waals surface area (Å²) in [7, 11) is 0. The van der Waals surface area contributed by atoms with Gasteiger partial charge >= 0.3 is 0 Å². The van der Waals surface area contributed by atoms with Crippen LogP contribution in [-0.2, 0) is 29.0 Å². The first-order valence-electron chi connectivity index (χ1n) is 9.36. The van der Waals surface area contributed by atoms with Crippen molar-refractivity contribution in [3.05, 3.63) is 70.8 Å². The number of amides is 2. The highest BCUT2D eigenvalue weighted by molar-refractivity contribution is 5.92. The van der Waals surface area contributed by atoms with Crippen LogP contribution in [0.5, 0.6) is 0 Å². The van der Waals surface area contributed by atoms with E-state index in [4.69, 9.17) is 0 Å². The molecule has 136 valence electrons. The molecule has 0 saturated carbocycles. The quantitative estimate of drug-likeness (QED) is 0.868. The predicted octanol–water partition coefficient (Wildman–Crippen LogP) is 3.40. The molecule has 26 heavy (non-hydrogen) atoms. The van der Waals surface area contributed by atoms with Gasteiger partial charge in [0.2, 0.25) is 11.8 Å². The average Bonchev–Trinajstić information content (AvgIpc) is 2.67. The molecule has 1 aliphatic heterocycles. The summed E-state index contributed by atoms with van der Waals surface area (Å²) in [4.78, 5) is 27.3. The summed E-state index contributed by atoms with van der Waals surface area (Å²) in [5.74, 6) is -0.0866. The van der Waals surface area contributed by atoms with E-state index in [0.717, 1.165) is 29.5 Å². The number of benzene rings is 2. The number of hydrogen-bond acceptors (Lipinski definition) is 2. The van der Waals surface area contributed by atoms with Crippen LogP contribution in [0.25, 0.3) is 0 Å². The normalized spacial score (nSPS) is 16.3. The van der Waals surface area contributed by atoms with E-state index < -0.39 is 6.04 Å². The van der Waals surface area contributed by atoms with E-state index in [0.29, 0.717) is 19.5 Å². The Labute approximate surface area is 155 Å². The minimum atomic E-state index is -0.540. The SMILES string of the molecule is CCCN1C(=O)Cc2ccccc2[C@H]1C(=O)NCc1ccc(CC)cc1. The topological polar surface area (TPSA) is 49.4 Å². The standard InChI is InChI=1S/C22H26N2O2/c1-3-13-24-20(25)14-18-7-5-6-8-19(18)21(24)22(26)23-15-17-11-9-16(4-2)10-12-17/h5-12,21H,3-4,13-15H2,1-2H3,(H,23,26)/t21-/m0/s1. The Morgan fingerprint density at radius 3 is 2.46 bits per heavy atom. The lowest BCUT2D eigenvalue weighted by Gasteiger charge is -2.36. The van der Waals surface area contributed by atoms with E-state index in [1.54, 1.807) is 4.90 Å². The monoisotopic (exact) mass is 350 g/mol. The van der Waals surface area contributed by atoms with E-state index in [2.05, 4.69) is 24.4 Å². The Bertz CT molecular complexity index is 783. The molecule has 0 aromatic heterocycles. The molecular formula is C22H26N2O2. The maximum absolute atomic E-state index is 13.0. The second-order valence-corrected chi connectivity index (χ2v) is 6.75. The molecule has 3 rings (SSSR count). The van der Waals surface area contributed by atoms with Gasteiger partial charge in [-0.2, -0.15) is 0 Å². The third kappa shape index (κ3) is 3.79. The van der Waals surface area contributed by atoms with Crippen molar-refractivity contribution in [3.8, 4) is 0 Å².